The third-order valence-electron chi connectivity index (χ3n) is 9.21. The Morgan fingerprint density at radius 1 is 0.841 bits per heavy atom. The smallest absolute Gasteiger partial charge is 0.251 e. The normalized spacial score (nSPS) is 29.3. The minimum atomic E-state index is -0.935. The molecule has 2 fully saturated rings. The van der Waals surface area contributed by atoms with Gasteiger partial charge in [0.2, 0.25) is 11.8 Å². The summed E-state index contributed by atoms with van der Waals surface area (Å²) in [7, 11) is 1.60. The van der Waals surface area contributed by atoms with Gasteiger partial charge in [-0.15, -0.1) is 11.8 Å². The lowest BCUT2D eigenvalue weighted by atomic mass is 9.74. The topological polar surface area (TPSA) is 99.6 Å². The zero-order valence-corrected chi connectivity index (χ0v) is 26.2. The number of ether oxygens (including phenoxy) is 2. The van der Waals surface area contributed by atoms with Crippen LogP contribution in [0.4, 0.5) is 11.4 Å². The molecule has 0 saturated carbocycles. The van der Waals surface area contributed by atoms with E-state index in [0.717, 1.165) is 11.4 Å². The van der Waals surface area contributed by atoms with Gasteiger partial charge in [-0.05, 0) is 75.2 Å². The van der Waals surface area contributed by atoms with Crippen molar-refractivity contribution >= 4 is 40.9 Å². The third kappa shape index (κ3) is 4.88. The molecule has 9 nitrogen and oxygen atoms in total. The Bertz CT molecular complexity index is 1480. The Balaban J connectivity index is 1.41. The molecule has 4 aliphatic rings. The second kappa shape index (κ2) is 12.0. The van der Waals surface area contributed by atoms with Crippen LogP contribution in [0.3, 0.4) is 0 Å². The highest BCUT2D eigenvalue weighted by Gasteiger charge is 2.74. The molecule has 0 aliphatic carbocycles. The van der Waals surface area contributed by atoms with E-state index in [-0.39, 0.29) is 24.3 Å². The number of benzene rings is 2. The Labute approximate surface area is 262 Å². The zero-order valence-electron chi connectivity index (χ0n) is 25.3. The van der Waals surface area contributed by atoms with Crippen LogP contribution in [0.5, 0.6) is 11.5 Å². The number of nitrogens with zero attached hydrogens (tertiary/aromatic N) is 3. The Morgan fingerprint density at radius 2 is 1.45 bits per heavy atom. The Morgan fingerprint density at radius 3 is 2.07 bits per heavy atom. The molecule has 1 N–H and O–H groups in total. The maximum Gasteiger partial charge on any atom is 0.251 e. The van der Waals surface area contributed by atoms with E-state index in [4.69, 9.17) is 9.47 Å². The first-order chi connectivity index (χ1) is 21.3. The van der Waals surface area contributed by atoms with Crippen molar-refractivity contribution in [2.24, 2.45) is 11.8 Å². The molecular weight excluding hydrogens is 578 g/mol. The third-order valence-corrected chi connectivity index (χ3v) is 11.0. The lowest BCUT2D eigenvalue weighted by molar-refractivity contribution is -0.139. The number of thioether (sulfide) groups is 1. The molecule has 0 radical (unpaired) electrons. The van der Waals surface area contributed by atoms with Crippen LogP contribution in [0, 0.1) is 11.8 Å². The first kappa shape index (κ1) is 30.3. The first-order valence-corrected chi connectivity index (χ1v) is 16.1. The van der Waals surface area contributed by atoms with Crippen molar-refractivity contribution < 1.29 is 29.0 Å². The van der Waals surface area contributed by atoms with Gasteiger partial charge in [0.1, 0.15) is 17.5 Å². The van der Waals surface area contributed by atoms with Crippen LogP contribution in [0.2, 0.25) is 0 Å². The van der Waals surface area contributed by atoms with Gasteiger partial charge in [-0.1, -0.05) is 24.3 Å². The Kier molecular flexibility index (Phi) is 8.24. The van der Waals surface area contributed by atoms with Crippen LogP contribution in [0.25, 0.3) is 0 Å². The maximum absolute atomic E-state index is 14.6. The molecular formula is C34H39N3O6S. The van der Waals surface area contributed by atoms with Crippen LogP contribution in [-0.4, -0.2) is 83.2 Å². The summed E-state index contributed by atoms with van der Waals surface area (Å²) in [6.07, 6.45) is 9.14. The van der Waals surface area contributed by atoms with E-state index in [0.29, 0.717) is 50.5 Å². The monoisotopic (exact) mass is 617 g/mol. The number of aliphatic hydroxyl groups is 1. The van der Waals surface area contributed by atoms with E-state index in [1.807, 2.05) is 80.6 Å². The molecule has 10 heteroatoms. The summed E-state index contributed by atoms with van der Waals surface area (Å²) >= 11 is 1.57. The standard InChI is InChI=1S/C34H39N3O6S/c1-4-43-26-15-11-23(12-16-26)35-20-7-17-33(2)27(30(35)39)28-31(40)37(19-5-6-22-38)29-32(41)36(21-8-18-34(28,29)44-33)24-9-13-25(42-3)14-10-24/h7-18,27-29,38H,4-6,19-22H2,1-3H3/t27-,28-,29?,33+,34-/m0/s1. The van der Waals surface area contributed by atoms with E-state index in [1.165, 1.54) is 0 Å². The number of hydrogen-bond donors (Lipinski definition) is 1. The summed E-state index contributed by atoms with van der Waals surface area (Å²) in [5, 5.41) is 9.50. The van der Waals surface area contributed by atoms with Gasteiger partial charge in [0.25, 0.3) is 5.91 Å². The number of anilines is 2. The van der Waals surface area contributed by atoms with E-state index in [9.17, 15) is 19.5 Å². The number of carbonyl (C=O) groups is 3. The summed E-state index contributed by atoms with van der Waals surface area (Å²) < 4.78 is 9.29. The molecule has 4 heterocycles. The summed E-state index contributed by atoms with van der Waals surface area (Å²) in [6.45, 7) is 5.56. The molecule has 3 amide bonds. The molecule has 0 aromatic heterocycles. The van der Waals surface area contributed by atoms with Gasteiger partial charge in [-0.3, -0.25) is 14.4 Å². The van der Waals surface area contributed by atoms with Crippen molar-refractivity contribution in [3.63, 3.8) is 0 Å². The zero-order chi connectivity index (χ0) is 31.1. The number of methoxy groups -OCH3 is 1. The fourth-order valence-electron chi connectivity index (χ4n) is 7.27. The second-order valence-corrected chi connectivity index (χ2v) is 13.6. The number of fused-ring (bicyclic) bond motifs is 2. The van der Waals surface area contributed by atoms with E-state index in [2.05, 4.69) is 6.08 Å². The quantitative estimate of drug-likeness (QED) is 0.335. The van der Waals surface area contributed by atoms with Gasteiger partial charge in [0.15, 0.2) is 0 Å². The SMILES string of the molecule is CCOc1ccc(N2CC=C[C@@]3(C)S[C@]45C=CCN(c6ccc(OC)cc6)C(=O)C4N(CCCCO)C(=O)[C@@H]5[C@H]3C2=O)cc1. The van der Waals surface area contributed by atoms with Crippen LogP contribution >= 0.6 is 11.8 Å². The fraction of sp³-hybridized carbons (Fsp3) is 0.441. The molecule has 1 spiro atoms. The molecule has 44 heavy (non-hydrogen) atoms. The van der Waals surface area contributed by atoms with Gasteiger partial charge in [-0.2, -0.15) is 0 Å². The van der Waals surface area contributed by atoms with Crippen molar-refractivity contribution in [3.8, 4) is 11.5 Å². The number of aliphatic hydroxyl groups excluding tert-OH is 1. The number of hydrogen-bond acceptors (Lipinski definition) is 7. The minimum absolute atomic E-state index is 0.00284. The number of likely N-dealkylation sites (tertiary alicyclic amines) is 1. The van der Waals surface area contributed by atoms with Gasteiger partial charge >= 0.3 is 0 Å². The van der Waals surface area contributed by atoms with Crippen molar-refractivity contribution in [3.05, 3.63) is 72.8 Å². The lowest BCUT2D eigenvalue weighted by Crippen LogP contribution is -2.53. The van der Waals surface area contributed by atoms with Gasteiger partial charge in [0.05, 0.1) is 30.3 Å². The van der Waals surface area contributed by atoms with Crippen LogP contribution in [0.1, 0.15) is 26.7 Å². The predicted octanol–water partition coefficient (Wildman–Crippen LogP) is 4.06. The van der Waals surface area contributed by atoms with E-state index in [1.54, 1.807) is 33.6 Å². The van der Waals surface area contributed by atoms with Gasteiger partial charge in [-0.25, -0.2) is 0 Å². The maximum atomic E-state index is 14.6. The molecule has 2 aromatic rings. The molecule has 2 aromatic carbocycles. The van der Waals surface area contributed by atoms with Crippen LogP contribution < -0.4 is 19.3 Å². The number of amides is 3. The Hall–Kier alpha value is -3.76. The van der Waals surface area contributed by atoms with Crippen LogP contribution in [0.15, 0.2) is 72.8 Å². The number of unbranched alkanes of at least 4 members (excludes halogenated alkanes) is 1. The van der Waals surface area contributed by atoms with Crippen molar-refractivity contribution in [2.75, 3.05) is 49.8 Å². The van der Waals surface area contributed by atoms with Gasteiger partial charge < -0.3 is 29.3 Å². The summed E-state index contributed by atoms with van der Waals surface area (Å²) in [4.78, 5) is 48.9. The first-order valence-electron chi connectivity index (χ1n) is 15.2. The minimum Gasteiger partial charge on any atom is -0.497 e. The highest BCUT2D eigenvalue weighted by molar-refractivity contribution is 8.02. The molecule has 2 saturated heterocycles. The predicted molar refractivity (Wildman–Crippen MR) is 171 cm³/mol. The molecule has 232 valence electrons. The van der Waals surface area contributed by atoms with Crippen molar-refractivity contribution in [1.82, 2.24) is 4.90 Å². The second-order valence-electron chi connectivity index (χ2n) is 11.8. The summed E-state index contributed by atoms with van der Waals surface area (Å²) in [5.74, 6) is -0.478. The largest absolute Gasteiger partial charge is 0.497 e. The average Bonchev–Trinajstić information content (AvgIpc) is 3.28. The number of rotatable bonds is 9. The molecule has 1 unspecified atom stereocenters. The lowest BCUT2D eigenvalue weighted by Gasteiger charge is -2.37. The summed E-state index contributed by atoms with van der Waals surface area (Å²) in [5.41, 5.74) is 1.45. The van der Waals surface area contributed by atoms with Crippen molar-refractivity contribution in [2.45, 2.75) is 42.2 Å². The van der Waals surface area contributed by atoms with Gasteiger partial charge in [0, 0.05) is 42.4 Å². The van der Waals surface area contributed by atoms with E-state index >= 15 is 0 Å². The van der Waals surface area contributed by atoms with Crippen molar-refractivity contribution in [1.29, 1.82) is 0 Å². The highest BCUT2D eigenvalue weighted by Crippen LogP contribution is 2.65. The fourth-order valence-corrected chi connectivity index (χ4v) is 9.43. The molecule has 6 rings (SSSR count). The summed E-state index contributed by atoms with van der Waals surface area (Å²) in [6, 6.07) is 14.0. The van der Waals surface area contributed by atoms with E-state index < -0.39 is 27.4 Å². The number of carbonyl (C=O) groups excluding carboxylic acids is 3. The molecule has 5 atom stereocenters. The highest BCUT2D eigenvalue weighted by atomic mass is 32.2. The molecule has 0 bridgehead atoms. The van der Waals surface area contributed by atoms with Crippen LogP contribution in [-0.2, 0) is 14.4 Å². The average molecular weight is 618 g/mol. The molecule has 4 aliphatic heterocycles.